The van der Waals surface area contributed by atoms with Crippen molar-refractivity contribution < 1.29 is 0 Å². The molecule has 0 unspecified atom stereocenters. The molecular weight excluding hydrogens is 224 g/mol. The van der Waals surface area contributed by atoms with Gasteiger partial charge in [0.1, 0.15) is 0 Å². The van der Waals surface area contributed by atoms with Crippen LogP contribution in [-0.2, 0) is 6.42 Å². The third kappa shape index (κ3) is 3.15. The molecule has 1 heteroatoms. The summed E-state index contributed by atoms with van der Waals surface area (Å²) in [5, 5.41) is 0. The minimum Gasteiger partial charge on any atom is -0.0628 e. The first kappa shape index (κ1) is 10.8. The molecule has 13 heavy (non-hydrogen) atoms. The van der Waals surface area contributed by atoms with Crippen LogP contribution >= 0.6 is 15.9 Å². The molecule has 0 aliphatic heterocycles. The highest BCUT2D eigenvalue weighted by atomic mass is 79.9. The van der Waals surface area contributed by atoms with Gasteiger partial charge in [0.2, 0.25) is 0 Å². The summed E-state index contributed by atoms with van der Waals surface area (Å²) >= 11 is 3.55. The number of hydrogen-bond donors (Lipinski definition) is 0. The number of hydrogen-bond acceptors (Lipinski definition) is 0. The molecule has 0 nitrogen and oxygen atoms in total. The number of aryl methyl sites for hydroxylation is 1. The van der Waals surface area contributed by atoms with E-state index in [4.69, 9.17) is 0 Å². The number of rotatable bonds is 3. The van der Waals surface area contributed by atoms with Crippen molar-refractivity contribution in [1.29, 1.82) is 0 Å². The minimum atomic E-state index is 0.790. The van der Waals surface area contributed by atoms with E-state index in [0.717, 1.165) is 5.92 Å². The molecule has 1 aromatic carbocycles. The van der Waals surface area contributed by atoms with Crippen LogP contribution in [0.3, 0.4) is 0 Å². The number of benzene rings is 1. The van der Waals surface area contributed by atoms with Gasteiger partial charge in [0.05, 0.1) is 0 Å². The minimum absolute atomic E-state index is 0.790. The monoisotopic (exact) mass is 240 g/mol. The maximum absolute atomic E-state index is 3.55. The van der Waals surface area contributed by atoms with Gasteiger partial charge in [0.25, 0.3) is 0 Å². The highest BCUT2D eigenvalue weighted by Crippen LogP contribution is 2.21. The van der Waals surface area contributed by atoms with Crippen LogP contribution in [0.5, 0.6) is 0 Å². The predicted octanol–water partition coefficient (Wildman–Crippen LogP) is 4.35. The normalized spacial score (nSPS) is 10.8. The second-order valence-electron chi connectivity index (χ2n) is 3.96. The zero-order valence-corrected chi connectivity index (χ0v) is 10.2. The predicted molar refractivity (Wildman–Crippen MR) is 62.0 cm³/mol. The Morgan fingerprint density at radius 3 is 2.62 bits per heavy atom. The lowest BCUT2D eigenvalue weighted by Crippen LogP contribution is -1.94. The largest absolute Gasteiger partial charge is 0.0628 e. The van der Waals surface area contributed by atoms with Crippen LogP contribution in [0.25, 0.3) is 0 Å². The van der Waals surface area contributed by atoms with Gasteiger partial charge in [-0.1, -0.05) is 41.9 Å². The van der Waals surface area contributed by atoms with Crippen molar-refractivity contribution in [3.8, 4) is 0 Å². The summed E-state index contributed by atoms with van der Waals surface area (Å²) in [6.07, 6.45) is 2.47. The van der Waals surface area contributed by atoms with E-state index >= 15 is 0 Å². The Labute approximate surface area is 89.5 Å². The van der Waals surface area contributed by atoms with Gasteiger partial charge in [-0.15, -0.1) is 0 Å². The van der Waals surface area contributed by atoms with Crippen LogP contribution in [-0.4, -0.2) is 0 Å². The fourth-order valence-electron chi connectivity index (χ4n) is 1.37. The second-order valence-corrected chi connectivity index (χ2v) is 4.81. The molecule has 0 radical (unpaired) electrons. The van der Waals surface area contributed by atoms with Crippen molar-refractivity contribution in [3.05, 3.63) is 33.8 Å². The van der Waals surface area contributed by atoms with E-state index < -0.39 is 0 Å². The van der Waals surface area contributed by atoms with E-state index in [0.29, 0.717) is 0 Å². The summed E-state index contributed by atoms with van der Waals surface area (Å²) in [5.41, 5.74) is 2.87. The van der Waals surface area contributed by atoms with E-state index in [1.807, 2.05) is 0 Å². The summed E-state index contributed by atoms with van der Waals surface area (Å²) in [6.45, 7) is 6.72. The van der Waals surface area contributed by atoms with Crippen LogP contribution < -0.4 is 0 Å². The van der Waals surface area contributed by atoms with Gasteiger partial charge in [0.15, 0.2) is 0 Å². The van der Waals surface area contributed by atoms with Crippen LogP contribution in [0.15, 0.2) is 22.7 Å². The quantitative estimate of drug-likeness (QED) is 0.738. The molecule has 0 saturated carbocycles. The second kappa shape index (κ2) is 4.80. The SMILES string of the molecule is Cc1c(Br)cccc1CCC(C)C. The summed E-state index contributed by atoms with van der Waals surface area (Å²) in [6, 6.07) is 6.45. The van der Waals surface area contributed by atoms with Gasteiger partial charge in [-0.3, -0.25) is 0 Å². The lowest BCUT2D eigenvalue weighted by Gasteiger charge is -2.08. The highest BCUT2D eigenvalue weighted by Gasteiger charge is 2.02. The van der Waals surface area contributed by atoms with Gasteiger partial charge in [-0.25, -0.2) is 0 Å². The van der Waals surface area contributed by atoms with E-state index in [1.165, 1.54) is 28.4 Å². The Morgan fingerprint density at radius 2 is 2.00 bits per heavy atom. The molecule has 0 spiro atoms. The van der Waals surface area contributed by atoms with Crippen molar-refractivity contribution in [2.75, 3.05) is 0 Å². The zero-order chi connectivity index (χ0) is 9.84. The van der Waals surface area contributed by atoms with Crippen molar-refractivity contribution in [2.45, 2.75) is 33.6 Å². The maximum Gasteiger partial charge on any atom is 0.0207 e. The lowest BCUT2D eigenvalue weighted by molar-refractivity contribution is 0.585. The van der Waals surface area contributed by atoms with Crippen LogP contribution in [0.2, 0.25) is 0 Å². The van der Waals surface area contributed by atoms with Gasteiger partial charge >= 0.3 is 0 Å². The fourth-order valence-corrected chi connectivity index (χ4v) is 1.77. The summed E-state index contributed by atoms with van der Waals surface area (Å²) in [5.74, 6) is 0.790. The van der Waals surface area contributed by atoms with Gasteiger partial charge < -0.3 is 0 Å². The van der Waals surface area contributed by atoms with Gasteiger partial charge in [0, 0.05) is 4.47 Å². The van der Waals surface area contributed by atoms with Crippen molar-refractivity contribution in [1.82, 2.24) is 0 Å². The molecule has 0 bridgehead atoms. The average molecular weight is 241 g/mol. The van der Waals surface area contributed by atoms with E-state index in [2.05, 4.69) is 54.9 Å². The first-order chi connectivity index (χ1) is 6.11. The maximum atomic E-state index is 3.55. The van der Waals surface area contributed by atoms with Crippen molar-refractivity contribution in [3.63, 3.8) is 0 Å². The van der Waals surface area contributed by atoms with Crippen molar-refractivity contribution >= 4 is 15.9 Å². The lowest BCUT2D eigenvalue weighted by atomic mass is 9.99. The Morgan fingerprint density at radius 1 is 1.31 bits per heavy atom. The third-order valence-corrected chi connectivity index (χ3v) is 3.23. The van der Waals surface area contributed by atoms with Crippen LogP contribution in [0, 0.1) is 12.8 Å². The Bertz CT molecular complexity index is 276. The third-order valence-electron chi connectivity index (χ3n) is 2.37. The van der Waals surface area contributed by atoms with Crippen LogP contribution in [0.1, 0.15) is 31.4 Å². The molecule has 0 atom stereocenters. The standard InChI is InChI=1S/C12H17Br/c1-9(2)7-8-11-5-4-6-12(13)10(11)3/h4-6,9H,7-8H2,1-3H3. The molecule has 0 amide bonds. The topological polar surface area (TPSA) is 0 Å². The number of halogens is 1. The van der Waals surface area contributed by atoms with E-state index in [-0.39, 0.29) is 0 Å². The molecule has 72 valence electrons. The highest BCUT2D eigenvalue weighted by molar-refractivity contribution is 9.10. The van der Waals surface area contributed by atoms with Gasteiger partial charge in [-0.2, -0.15) is 0 Å². The summed E-state index contributed by atoms with van der Waals surface area (Å²) in [4.78, 5) is 0. The van der Waals surface area contributed by atoms with Crippen LogP contribution in [0.4, 0.5) is 0 Å². The van der Waals surface area contributed by atoms with Gasteiger partial charge in [-0.05, 0) is 42.9 Å². The first-order valence-electron chi connectivity index (χ1n) is 4.85. The Balaban J connectivity index is 2.71. The molecule has 0 N–H and O–H groups in total. The first-order valence-corrected chi connectivity index (χ1v) is 5.64. The van der Waals surface area contributed by atoms with E-state index in [1.54, 1.807) is 0 Å². The molecule has 0 aliphatic carbocycles. The molecular formula is C12H17Br. The molecule has 0 fully saturated rings. The molecule has 1 aromatic rings. The molecule has 0 aliphatic rings. The van der Waals surface area contributed by atoms with Crippen molar-refractivity contribution in [2.24, 2.45) is 5.92 Å². The molecule has 1 rings (SSSR count). The fraction of sp³-hybridized carbons (Fsp3) is 0.500. The zero-order valence-electron chi connectivity index (χ0n) is 8.60. The average Bonchev–Trinajstić information content (AvgIpc) is 2.07. The summed E-state index contributed by atoms with van der Waals surface area (Å²) in [7, 11) is 0. The summed E-state index contributed by atoms with van der Waals surface area (Å²) < 4.78 is 1.23. The molecule has 0 aromatic heterocycles. The molecule has 0 saturated heterocycles. The molecule has 0 heterocycles. The Kier molecular flexibility index (Phi) is 3.98. The smallest absolute Gasteiger partial charge is 0.0207 e. The Hall–Kier alpha value is -0.300. The van der Waals surface area contributed by atoms with E-state index in [9.17, 15) is 0 Å².